The van der Waals surface area contributed by atoms with Gasteiger partial charge in [0, 0.05) is 18.2 Å². The highest BCUT2D eigenvalue weighted by molar-refractivity contribution is 5.89. The lowest BCUT2D eigenvalue weighted by atomic mass is 10.1. The van der Waals surface area contributed by atoms with Crippen LogP contribution >= 0.6 is 0 Å². The number of amides is 1. The largest absolute Gasteiger partial charge is 0.497 e. The quantitative estimate of drug-likeness (QED) is 0.440. The van der Waals surface area contributed by atoms with Crippen LogP contribution in [0.2, 0.25) is 0 Å². The Bertz CT molecular complexity index is 619. The summed E-state index contributed by atoms with van der Waals surface area (Å²) in [5.74, 6) is 0.0750. The highest BCUT2D eigenvalue weighted by atomic mass is 16.5. The Kier molecular flexibility index (Phi) is 7.72. The third kappa shape index (κ3) is 6.52. The Hall–Kier alpha value is -3.01. The van der Waals surface area contributed by atoms with Gasteiger partial charge in [-0.2, -0.15) is 5.26 Å². The van der Waals surface area contributed by atoms with E-state index >= 15 is 0 Å². The number of esters is 1. The summed E-state index contributed by atoms with van der Waals surface area (Å²) in [5.41, 5.74) is 0.641. The molecule has 122 valence electrons. The van der Waals surface area contributed by atoms with Crippen LogP contribution in [0.1, 0.15) is 12.0 Å². The van der Waals surface area contributed by atoms with E-state index in [2.05, 4.69) is 5.32 Å². The summed E-state index contributed by atoms with van der Waals surface area (Å²) >= 11 is 0. The van der Waals surface area contributed by atoms with Crippen LogP contribution in [0.25, 0.3) is 6.08 Å². The second kappa shape index (κ2) is 9.84. The standard InChI is InChI=1S/C16H18N2O5/c1-21-13-5-6-14(22-2)12(10-13)4-7-16(20)23-11-15(19)18-9-3-8-17/h4-7,10H,3,9,11H2,1-2H3,(H,18,19)/b7-4+. The minimum atomic E-state index is -0.662. The van der Waals surface area contributed by atoms with E-state index in [9.17, 15) is 9.59 Å². The summed E-state index contributed by atoms with van der Waals surface area (Å²) in [4.78, 5) is 22.9. The number of benzene rings is 1. The zero-order chi connectivity index (χ0) is 17.1. The summed E-state index contributed by atoms with van der Waals surface area (Å²) in [6.45, 7) is -0.173. The highest BCUT2D eigenvalue weighted by Crippen LogP contribution is 2.24. The van der Waals surface area contributed by atoms with E-state index in [-0.39, 0.29) is 13.0 Å². The molecule has 0 spiro atoms. The van der Waals surface area contributed by atoms with Gasteiger partial charge in [-0.15, -0.1) is 0 Å². The van der Waals surface area contributed by atoms with Gasteiger partial charge < -0.3 is 19.5 Å². The van der Waals surface area contributed by atoms with Crippen molar-refractivity contribution < 1.29 is 23.8 Å². The Morgan fingerprint density at radius 2 is 2.09 bits per heavy atom. The predicted octanol–water partition coefficient (Wildman–Crippen LogP) is 1.29. The summed E-state index contributed by atoms with van der Waals surface area (Å²) in [7, 11) is 3.05. The third-order valence-corrected chi connectivity index (χ3v) is 2.74. The van der Waals surface area contributed by atoms with Crippen LogP contribution in [-0.4, -0.2) is 39.2 Å². The molecule has 0 fully saturated rings. The van der Waals surface area contributed by atoms with E-state index in [0.29, 0.717) is 17.1 Å². The maximum atomic E-state index is 11.6. The van der Waals surface area contributed by atoms with Gasteiger partial charge in [0.1, 0.15) is 11.5 Å². The monoisotopic (exact) mass is 318 g/mol. The molecule has 1 aromatic carbocycles. The normalized spacial score (nSPS) is 9.96. The number of rotatable bonds is 8. The van der Waals surface area contributed by atoms with E-state index < -0.39 is 18.5 Å². The number of hydrogen-bond acceptors (Lipinski definition) is 6. The molecule has 0 atom stereocenters. The van der Waals surface area contributed by atoms with Crippen molar-refractivity contribution in [3.8, 4) is 17.6 Å². The van der Waals surface area contributed by atoms with Crippen molar-refractivity contribution >= 4 is 18.0 Å². The molecule has 0 radical (unpaired) electrons. The zero-order valence-electron chi connectivity index (χ0n) is 13.0. The van der Waals surface area contributed by atoms with E-state index in [4.69, 9.17) is 19.5 Å². The molecule has 1 rings (SSSR count). The summed E-state index contributed by atoms with van der Waals surface area (Å²) < 4.78 is 15.1. The lowest BCUT2D eigenvalue weighted by Gasteiger charge is -2.07. The molecule has 1 N–H and O–H groups in total. The fraction of sp³-hybridized carbons (Fsp3) is 0.312. The molecule has 0 saturated carbocycles. The van der Waals surface area contributed by atoms with Gasteiger partial charge in [-0.25, -0.2) is 4.79 Å². The molecular formula is C16H18N2O5. The fourth-order valence-electron chi connectivity index (χ4n) is 1.62. The van der Waals surface area contributed by atoms with Crippen LogP contribution in [0.3, 0.4) is 0 Å². The minimum Gasteiger partial charge on any atom is -0.497 e. The molecule has 1 amide bonds. The number of hydrogen-bond donors (Lipinski definition) is 1. The molecule has 0 bridgehead atoms. The third-order valence-electron chi connectivity index (χ3n) is 2.74. The van der Waals surface area contributed by atoms with Crippen molar-refractivity contribution in [3.63, 3.8) is 0 Å². The second-order valence-electron chi connectivity index (χ2n) is 4.31. The molecule has 0 aliphatic rings. The molecule has 0 aliphatic heterocycles. The van der Waals surface area contributed by atoms with Crippen molar-refractivity contribution in [3.05, 3.63) is 29.8 Å². The predicted molar refractivity (Wildman–Crippen MR) is 82.8 cm³/mol. The Morgan fingerprint density at radius 1 is 1.30 bits per heavy atom. The summed E-state index contributed by atoms with van der Waals surface area (Å²) in [6.07, 6.45) is 2.91. The van der Waals surface area contributed by atoms with E-state index in [1.165, 1.54) is 26.4 Å². The van der Waals surface area contributed by atoms with Crippen LogP contribution < -0.4 is 14.8 Å². The highest BCUT2D eigenvalue weighted by Gasteiger charge is 2.06. The number of methoxy groups -OCH3 is 2. The number of nitriles is 1. The Morgan fingerprint density at radius 3 is 2.74 bits per heavy atom. The molecule has 1 aromatic rings. The van der Waals surface area contributed by atoms with Crippen molar-refractivity contribution in [2.45, 2.75) is 6.42 Å². The van der Waals surface area contributed by atoms with Gasteiger partial charge in [0.05, 0.1) is 26.7 Å². The van der Waals surface area contributed by atoms with Crippen LogP contribution in [0, 0.1) is 11.3 Å². The zero-order valence-corrected chi connectivity index (χ0v) is 13.0. The van der Waals surface area contributed by atoms with Crippen LogP contribution in [-0.2, 0) is 14.3 Å². The molecular weight excluding hydrogens is 300 g/mol. The first-order valence-electron chi connectivity index (χ1n) is 6.81. The molecule has 0 aromatic heterocycles. The van der Waals surface area contributed by atoms with Gasteiger partial charge >= 0.3 is 5.97 Å². The molecule has 0 aliphatic carbocycles. The minimum absolute atomic E-state index is 0.204. The first-order chi connectivity index (χ1) is 11.1. The van der Waals surface area contributed by atoms with Gasteiger partial charge in [0.2, 0.25) is 0 Å². The smallest absolute Gasteiger partial charge is 0.331 e. The average Bonchev–Trinajstić information content (AvgIpc) is 2.58. The maximum absolute atomic E-state index is 11.6. The average molecular weight is 318 g/mol. The lowest BCUT2D eigenvalue weighted by Crippen LogP contribution is -2.29. The van der Waals surface area contributed by atoms with Crippen molar-refractivity contribution in [2.75, 3.05) is 27.4 Å². The van der Waals surface area contributed by atoms with Crippen LogP contribution in [0.15, 0.2) is 24.3 Å². The topological polar surface area (TPSA) is 97.7 Å². The van der Waals surface area contributed by atoms with Crippen molar-refractivity contribution in [1.82, 2.24) is 5.32 Å². The first-order valence-corrected chi connectivity index (χ1v) is 6.81. The van der Waals surface area contributed by atoms with E-state index in [1.54, 1.807) is 18.2 Å². The van der Waals surface area contributed by atoms with Gasteiger partial charge in [-0.1, -0.05) is 0 Å². The molecule has 7 nitrogen and oxygen atoms in total. The number of nitrogens with zero attached hydrogens (tertiary/aromatic N) is 1. The van der Waals surface area contributed by atoms with Crippen molar-refractivity contribution in [1.29, 1.82) is 5.26 Å². The number of carbonyl (C=O) groups is 2. The van der Waals surface area contributed by atoms with E-state index in [1.807, 2.05) is 6.07 Å². The number of nitrogens with one attached hydrogen (secondary N) is 1. The summed E-state index contributed by atoms with van der Waals surface area (Å²) in [6, 6.07) is 7.05. The molecule has 0 saturated heterocycles. The first kappa shape index (κ1) is 18.0. The molecule has 0 heterocycles. The maximum Gasteiger partial charge on any atom is 0.331 e. The second-order valence-corrected chi connectivity index (χ2v) is 4.31. The van der Waals surface area contributed by atoms with Gasteiger partial charge in [0.15, 0.2) is 6.61 Å². The molecule has 23 heavy (non-hydrogen) atoms. The fourth-order valence-corrected chi connectivity index (χ4v) is 1.62. The molecule has 0 unspecified atom stereocenters. The van der Waals surface area contributed by atoms with Crippen LogP contribution in [0.4, 0.5) is 0 Å². The lowest BCUT2D eigenvalue weighted by molar-refractivity contribution is -0.143. The number of carbonyl (C=O) groups excluding carboxylic acids is 2. The van der Waals surface area contributed by atoms with Crippen LogP contribution in [0.5, 0.6) is 11.5 Å². The van der Waals surface area contributed by atoms with Gasteiger partial charge in [-0.3, -0.25) is 4.79 Å². The Labute approximate surface area is 134 Å². The molecule has 7 heteroatoms. The van der Waals surface area contributed by atoms with Gasteiger partial charge in [-0.05, 0) is 24.3 Å². The number of ether oxygens (including phenoxy) is 3. The summed E-state index contributed by atoms with van der Waals surface area (Å²) in [5, 5.41) is 10.8. The Balaban J connectivity index is 2.55. The van der Waals surface area contributed by atoms with Crippen molar-refractivity contribution in [2.24, 2.45) is 0 Å². The SMILES string of the molecule is COc1ccc(OC)c(/C=C/C(=O)OCC(=O)NCCC#N)c1. The van der Waals surface area contributed by atoms with Gasteiger partial charge in [0.25, 0.3) is 5.91 Å². The van der Waals surface area contributed by atoms with E-state index in [0.717, 1.165) is 0 Å².